The van der Waals surface area contributed by atoms with E-state index in [0.717, 1.165) is 25.7 Å². The monoisotopic (exact) mass is 276 g/mol. The van der Waals surface area contributed by atoms with Gasteiger partial charge in [-0.15, -0.1) is 0 Å². The molecule has 0 aromatic carbocycles. The topological polar surface area (TPSA) is 113 Å². The molecule has 1 atom stereocenters. The van der Waals surface area contributed by atoms with Crippen LogP contribution in [0.1, 0.15) is 39.0 Å². The maximum atomic E-state index is 10.9. The smallest absolute Gasteiger partial charge is 0.302 e. The van der Waals surface area contributed by atoms with E-state index in [9.17, 15) is 9.13 Å². The maximum absolute atomic E-state index is 10.9. The fraction of sp³-hybridized carbons (Fsp3) is 1.00. The molecule has 16 heavy (non-hydrogen) atoms. The van der Waals surface area contributed by atoms with Crippen molar-refractivity contribution >= 4 is 15.6 Å². The van der Waals surface area contributed by atoms with Gasteiger partial charge < -0.3 is 14.7 Å². The third kappa shape index (κ3) is 10.8. The summed E-state index contributed by atoms with van der Waals surface area (Å²) >= 11 is 0. The van der Waals surface area contributed by atoms with Crippen LogP contribution in [0.25, 0.3) is 0 Å². The van der Waals surface area contributed by atoms with Crippen molar-refractivity contribution in [2.45, 2.75) is 39.0 Å². The first-order valence-corrected chi connectivity index (χ1v) is 8.03. The number of hydrogen-bond donors (Lipinski definition) is 3. The molecule has 0 heterocycles. The first-order chi connectivity index (χ1) is 7.27. The lowest BCUT2D eigenvalue weighted by Gasteiger charge is -2.11. The first kappa shape index (κ1) is 16.3. The van der Waals surface area contributed by atoms with E-state index < -0.39 is 15.6 Å². The van der Waals surface area contributed by atoms with Crippen LogP contribution >= 0.6 is 15.6 Å². The van der Waals surface area contributed by atoms with Gasteiger partial charge in [0.2, 0.25) is 0 Å². The fourth-order valence-electron chi connectivity index (χ4n) is 1.04. The van der Waals surface area contributed by atoms with Gasteiger partial charge in [-0.05, 0) is 6.42 Å². The number of unbranched alkanes of at least 4 members (excludes halogenated alkanes) is 4. The molecule has 7 nitrogen and oxygen atoms in total. The Morgan fingerprint density at radius 1 is 1.00 bits per heavy atom. The number of phosphoric ester groups is 1. The lowest BCUT2D eigenvalue weighted by atomic mass is 10.2. The predicted molar refractivity (Wildman–Crippen MR) is 57.7 cm³/mol. The largest absolute Gasteiger partial charge is 0.481 e. The van der Waals surface area contributed by atoms with E-state index in [-0.39, 0.29) is 6.61 Å². The van der Waals surface area contributed by atoms with Gasteiger partial charge in [0.15, 0.2) is 0 Å². The van der Waals surface area contributed by atoms with Gasteiger partial charge in [0.05, 0.1) is 6.61 Å². The highest BCUT2D eigenvalue weighted by atomic mass is 31.3. The van der Waals surface area contributed by atoms with Crippen molar-refractivity contribution in [2.75, 3.05) is 6.61 Å². The molecule has 0 aliphatic heterocycles. The molecule has 0 fully saturated rings. The van der Waals surface area contributed by atoms with Crippen LogP contribution in [0, 0.1) is 0 Å². The third-order valence-electron chi connectivity index (χ3n) is 1.71. The highest BCUT2D eigenvalue weighted by Gasteiger charge is 2.31. The molecule has 0 aromatic rings. The van der Waals surface area contributed by atoms with E-state index in [0.29, 0.717) is 6.42 Å². The quantitative estimate of drug-likeness (QED) is 0.437. The van der Waals surface area contributed by atoms with Crippen molar-refractivity contribution in [2.24, 2.45) is 0 Å². The average Bonchev–Trinajstić information content (AvgIpc) is 2.06. The Bertz CT molecular complexity index is 274. The molecule has 0 aliphatic carbocycles. The summed E-state index contributed by atoms with van der Waals surface area (Å²) in [5, 5.41) is 0. The SMILES string of the molecule is CCCCCCCOP(=O)(O)OP(=O)(O)O. The summed E-state index contributed by atoms with van der Waals surface area (Å²) in [7, 11) is -9.62. The molecule has 0 amide bonds. The molecule has 98 valence electrons. The zero-order valence-corrected chi connectivity index (χ0v) is 10.9. The Labute approximate surface area is 94.6 Å². The molecule has 0 radical (unpaired) electrons. The zero-order valence-electron chi connectivity index (χ0n) is 9.11. The van der Waals surface area contributed by atoms with Crippen molar-refractivity contribution < 1.29 is 32.6 Å². The molecule has 9 heteroatoms. The van der Waals surface area contributed by atoms with Crippen molar-refractivity contribution in [1.82, 2.24) is 0 Å². The highest BCUT2D eigenvalue weighted by molar-refractivity contribution is 7.60. The van der Waals surface area contributed by atoms with Crippen molar-refractivity contribution in [1.29, 1.82) is 0 Å². The molecular weight excluding hydrogens is 258 g/mol. The van der Waals surface area contributed by atoms with Crippen LogP contribution in [-0.4, -0.2) is 21.3 Å². The van der Waals surface area contributed by atoms with Gasteiger partial charge in [-0.3, -0.25) is 4.52 Å². The molecule has 0 aromatic heterocycles. The second-order valence-corrected chi connectivity index (χ2v) is 6.12. The van der Waals surface area contributed by atoms with Crippen LogP contribution in [0.3, 0.4) is 0 Å². The highest BCUT2D eigenvalue weighted by Crippen LogP contribution is 2.57. The molecule has 1 unspecified atom stereocenters. The number of hydrogen-bond acceptors (Lipinski definition) is 4. The molecule has 0 saturated carbocycles. The minimum Gasteiger partial charge on any atom is -0.302 e. The predicted octanol–water partition coefficient (Wildman–Crippen LogP) is 2.18. The Morgan fingerprint density at radius 3 is 2.06 bits per heavy atom. The van der Waals surface area contributed by atoms with E-state index in [1.54, 1.807) is 0 Å². The Hall–Kier alpha value is 0.260. The van der Waals surface area contributed by atoms with Crippen molar-refractivity contribution in [3.8, 4) is 0 Å². The van der Waals surface area contributed by atoms with Gasteiger partial charge in [-0.25, -0.2) is 9.13 Å². The molecule has 3 N–H and O–H groups in total. The van der Waals surface area contributed by atoms with Gasteiger partial charge >= 0.3 is 15.6 Å². The van der Waals surface area contributed by atoms with Gasteiger partial charge in [0.1, 0.15) is 0 Å². The minimum atomic E-state index is -4.99. The van der Waals surface area contributed by atoms with E-state index >= 15 is 0 Å². The van der Waals surface area contributed by atoms with Gasteiger partial charge in [0.25, 0.3) is 0 Å². The van der Waals surface area contributed by atoms with Crippen LogP contribution in [0.4, 0.5) is 0 Å². The van der Waals surface area contributed by atoms with E-state index in [1.165, 1.54) is 0 Å². The summed E-state index contributed by atoms with van der Waals surface area (Å²) in [4.78, 5) is 25.5. The minimum absolute atomic E-state index is 0.0580. The van der Waals surface area contributed by atoms with Crippen molar-refractivity contribution in [3.63, 3.8) is 0 Å². The third-order valence-corrected chi connectivity index (χ3v) is 3.90. The molecule has 0 rings (SSSR count). The Balaban J connectivity index is 3.67. The van der Waals surface area contributed by atoms with E-state index in [2.05, 4.69) is 15.8 Å². The Morgan fingerprint density at radius 2 is 1.56 bits per heavy atom. The normalized spacial score (nSPS) is 16.0. The van der Waals surface area contributed by atoms with Gasteiger partial charge in [-0.2, -0.15) is 4.31 Å². The standard InChI is InChI=1S/C7H18O7P2/c1-2-3-4-5-6-7-13-16(11,12)14-15(8,9)10/h2-7H2,1H3,(H,11,12)(H2,8,9,10). The lowest BCUT2D eigenvalue weighted by Crippen LogP contribution is -1.96. The molecule has 0 spiro atoms. The van der Waals surface area contributed by atoms with Crippen LogP contribution in [0.5, 0.6) is 0 Å². The zero-order chi connectivity index (χ0) is 12.7. The van der Waals surface area contributed by atoms with Crippen LogP contribution < -0.4 is 0 Å². The number of phosphoric acid groups is 2. The molecule has 0 aliphatic rings. The van der Waals surface area contributed by atoms with Gasteiger partial charge in [-0.1, -0.05) is 32.6 Å². The summed E-state index contributed by atoms with van der Waals surface area (Å²) in [5.74, 6) is 0. The molecule has 0 saturated heterocycles. The second-order valence-electron chi connectivity index (χ2n) is 3.29. The van der Waals surface area contributed by atoms with Crippen LogP contribution in [0.2, 0.25) is 0 Å². The average molecular weight is 276 g/mol. The van der Waals surface area contributed by atoms with E-state index in [4.69, 9.17) is 14.7 Å². The fourth-order valence-corrected chi connectivity index (χ4v) is 2.67. The summed E-state index contributed by atoms with van der Waals surface area (Å²) in [5.41, 5.74) is 0. The molecule has 0 bridgehead atoms. The summed E-state index contributed by atoms with van der Waals surface area (Å²) in [6, 6.07) is 0. The lowest BCUT2D eigenvalue weighted by molar-refractivity contribution is 0.176. The summed E-state index contributed by atoms with van der Waals surface area (Å²) < 4.78 is 29.2. The number of rotatable bonds is 9. The Kier molecular flexibility index (Phi) is 7.68. The molecular formula is C7H18O7P2. The van der Waals surface area contributed by atoms with Crippen LogP contribution in [-0.2, 0) is 18.0 Å². The summed E-state index contributed by atoms with van der Waals surface area (Å²) in [6.07, 6.45) is 4.55. The van der Waals surface area contributed by atoms with Crippen molar-refractivity contribution in [3.05, 3.63) is 0 Å². The second kappa shape index (κ2) is 7.56. The van der Waals surface area contributed by atoms with Crippen LogP contribution in [0.15, 0.2) is 0 Å². The first-order valence-electron chi connectivity index (χ1n) is 5.01. The van der Waals surface area contributed by atoms with Gasteiger partial charge in [0, 0.05) is 0 Å². The maximum Gasteiger partial charge on any atom is 0.481 e. The van der Waals surface area contributed by atoms with E-state index in [1.807, 2.05) is 0 Å². The summed E-state index contributed by atoms with van der Waals surface area (Å²) in [6.45, 7) is 2.00.